The third-order valence-corrected chi connectivity index (χ3v) is 3.92. The SMILES string of the molecule is NCC(=O)C(CCCOCCCC(C(=O)CN)C(=O)CN)C(=O)CN. The molecule has 0 aliphatic rings. The molecule has 0 rings (SSSR count). The minimum absolute atomic E-state index is 0.191. The Morgan fingerprint density at radius 1 is 0.600 bits per heavy atom. The molecule has 0 amide bonds. The predicted molar refractivity (Wildman–Crippen MR) is 92.5 cm³/mol. The van der Waals surface area contributed by atoms with Crippen LogP contribution in [0.15, 0.2) is 0 Å². The number of ketones is 4. The summed E-state index contributed by atoms with van der Waals surface area (Å²) in [4.78, 5) is 46.4. The summed E-state index contributed by atoms with van der Waals surface area (Å²) in [5.41, 5.74) is 21.2. The Hall–Kier alpha value is -1.52. The summed E-state index contributed by atoms with van der Waals surface area (Å²) in [5, 5.41) is 0. The van der Waals surface area contributed by atoms with Gasteiger partial charge in [-0.15, -0.1) is 0 Å². The number of nitrogens with two attached hydrogens (primary N) is 4. The molecule has 0 aromatic carbocycles. The molecule has 0 saturated carbocycles. The zero-order valence-electron chi connectivity index (χ0n) is 14.6. The number of ether oxygens (including phenoxy) is 1. The molecule has 9 heteroatoms. The van der Waals surface area contributed by atoms with Crippen molar-refractivity contribution in [3.05, 3.63) is 0 Å². The molecule has 0 saturated heterocycles. The summed E-state index contributed by atoms with van der Waals surface area (Å²) in [6, 6.07) is 0. The van der Waals surface area contributed by atoms with Crippen LogP contribution in [-0.2, 0) is 23.9 Å². The molecule has 0 fully saturated rings. The van der Waals surface area contributed by atoms with Gasteiger partial charge < -0.3 is 27.7 Å². The Bertz CT molecular complexity index is 384. The second-order valence-corrected chi connectivity index (χ2v) is 5.68. The minimum atomic E-state index is -0.771. The first-order valence-electron chi connectivity index (χ1n) is 8.41. The maximum absolute atomic E-state index is 11.6. The van der Waals surface area contributed by atoms with E-state index in [0.717, 1.165) is 0 Å². The number of hydrogen-bond donors (Lipinski definition) is 4. The highest BCUT2D eigenvalue weighted by molar-refractivity contribution is 6.04. The van der Waals surface area contributed by atoms with Crippen molar-refractivity contribution in [1.29, 1.82) is 0 Å². The normalized spacial score (nSPS) is 11.1. The van der Waals surface area contributed by atoms with Crippen LogP contribution in [0.25, 0.3) is 0 Å². The monoisotopic (exact) mass is 358 g/mol. The second-order valence-electron chi connectivity index (χ2n) is 5.68. The van der Waals surface area contributed by atoms with Gasteiger partial charge in [-0.3, -0.25) is 19.2 Å². The zero-order chi connectivity index (χ0) is 19.2. The summed E-state index contributed by atoms with van der Waals surface area (Å²) < 4.78 is 5.42. The van der Waals surface area contributed by atoms with Gasteiger partial charge in [-0.1, -0.05) is 0 Å². The van der Waals surface area contributed by atoms with Crippen molar-refractivity contribution in [3.63, 3.8) is 0 Å². The van der Waals surface area contributed by atoms with Crippen LogP contribution >= 0.6 is 0 Å². The summed E-state index contributed by atoms with van der Waals surface area (Å²) in [6.07, 6.45) is 1.70. The van der Waals surface area contributed by atoms with Gasteiger partial charge in [0, 0.05) is 13.2 Å². The van der Waals surface area contributed by atoms with Crippen LogP contribution in [0.3, 0.4) is 0 Å². The first-order valence-corrected chi connectivity index (χ1v) is 8.41. The molecular weight excluding hydrogens is 328 g/mol. The van der Waals surface area contributed by atoms with Crippen LogP contribution < -0.4 is 22.9 Å². The molecule has 0 spiro atoms. The van der Waals surface area contributed by atoms with Crippen molar-refractivity contribution < 1.29 is 23.9 Å². The summed E-state index contributed by atoms with van der Waals surface area (Å²) >= 11 is 0. The van der Waals surface area contributed by atoms with Crippen LogP contribution in [-0.4, -0.2) is 62.5 Å². The van der Waals surface area contributed by atoms with E-state index in [4.69, 9.17) is 27.7 Å². The minimum Gasteiger partial charge on any atom is -0.381 e. The van der Waals surface area contributed by atoms with E-state index in [-0.39, 0.29) is 49.3 Å². The third kappa shape index (κ3) is 8.94. The maximum atomic E-state index is 11.6. The fourth-order valence-electron chi connectivity index (χ4n) is 2.45. The van der Waals surface area contributed by atoms with Crippen LogP contribution in [0.4, 0.5) is 0 Å². The molecule has 0 aliphatic heterocycles. The van der Waals surface area contributed by atoms with Gasteiger partial charge in [0.15, 0.2) is 23.1 Å². The van der Waals surface area contributed by atoms with Gasteiger partial charge in [0.2, 0.25) is 0 Å². The topological polar surface area (TPSA) is 182 Å². The molecule has 9 nitrogen and oxygen atoms in total. The van der Waals surface area contributed by atoms with Gasteiger partial charge in [-0.2, -0.15) is 0 Å². The molecule has 25 heavy (non-hydrogen) atoms. The largest absolute Gasteiger partial charge is 0.381 e. The molecule has 8 N–H and O–H groups in total. The molecule has 144 valence electrons. The van der Waals surface area contributed by atoms with E-state index in [1.807, 2.05) is 0 Å². The van der Waals surface area contributed by atoms with Crippen LogP contribution in [0.5, 0.6) is 0 Å². The van der Waals surface area contributed by atoms with Gasteiger partial charge in [0.05, 0.1) is 38.0 Å². The van der Waals surface area contributed by atoms with E-state index in [1.165, 1.54) is 0 Å². The number of rotatable bonds is 16. The highest BCUT2D eigenvalue weighted by atomic mass is 16.5. The van der Waals surface area contributed by atoms with Crippen molar-refractivity contribution in [2.24, 2.45) is 34.8 Å². The highest BCUT2D eigenvalue weighted by Crippen LogP contribution is 2.11. The Labute approximate surface area is 147 Å². The van der Waals surface area contributed by atoms with E-state index in [2.05, 4.69) is 0 Å². The van der Waals surface area contributed by atoms with E-state index in [9.17, 15) is 19.2 Å². The Morgan fingerprint density at radius 2 is 0.880 bits per heavy atom. The number of hydrogen-bond acceptors (Lipinski definition) is 9. The molecule has 0 unspecified atom stereocenters. The quantitative estimate of drug-likeness (QED) is 0.177. The standard InChI is InChI=1S/C16H30N4O5/c17-7-13(21)11(14(22)8-18)3-1-5-25-6-2-4-12(15(23)9-19)16(24)10-20/h11-12H,1-10,17-20H2. The Kier molecular flexibility index (Phi) is 12.9. The molecule has 0 bridgehead atoms. The van der Waals surface area contributed by atoms with Crippen molar-refractivity contribution in [2.75, 3.05) is 39.4 Å². The maximum Gasteiger partial charge on any atom is 0.156 e. The fraction of sp³-hybridized carbons (Fsp3) is 0.750. The Morgan fingerprint density at radius 3 is 1.12 bits per heavy atom. The number of carbonyl (C=O) groups excluding carboxylic acids is 4. The van der Waals surface area contributed by atoms with Crippen LogP contribution in [0.2, 0.25) is 0 Å². The lowest BCUT2D eigenvalue weighted by Gasteiger charge is -2.14. The smallest absolute Gasteiger partial charge is 0.156 e. The van der Waals surface area contributed by atoms with Gasteiger partial charge in [0.25, 0.3) is 0 Å². The van der Waals surface area contributed by atoms with E-state index >= 15 is 0 Å². The Balaban J connectivity index is 4.08. The van der Waals surface area contributed by atoms with Crippen LogP contribution in [0.1, 0.15) is 25.7 Å². The third-order valence-electron chi connectivity index (χ3n) is 3.92. The molecule has 0 radical (unpaired) electrons. The molecular formula is C16H30N4O5. The van der Waals surface area contributed by atoms with Crippen LogP contribution in [0, 0.1) is 11.8 Å². The van der Waals surface area contributed by atoms with Crippen molar-refractivity contribution in [3.8, 4) is 0 Å². The van der Waals surface area contributed by atoms with Gasteiger partial charge in [-0.05, 0) is 25.7 Å². The van der Waals surface area contributed by atoms with Gasteiger partial charge in [0.1, 0.15) is 0 Å². The van der Waals surface area contributed by atoms with Crippen molar-refractivity contribution in [2.45, 2.75) is 25.7 Å². The van der Waals surface area contributed by atoms with Crippen molar-refractivity contribution in [1.82, 2.24) is 0 Å². The van der Waals surface area contributed by atoms with E-state index in [1.54, 1.807) is 0 Å². The lowest BCUT2D eigenvalue weighted by Crippen LogP contribution is -2.34. The zero-order valence-corrected chi connectivity index (χ0v) is 14.6. The number of carbonyl (C=O) groups is 4. The molecule has 0 aliphatic carbocycles. The summed E-state index contributed by atoms with van der Waals surface area (Å²) in [6.45, 7) is -0.0585. The average molecular weight is 358 g/mol. The summed E-state index contributed by atoms with van der Waals surface area (Å²) in [7, 11) is 0. The fourth-order valence-corrected chi connectivity index (χ4v) is 2.45. The van der Waals surface area contributed by atoms with E-state index in [0.29, 0.717) is 38.9 Å². The van der Waals surface area contributed by atoms with Crippen molar-refractivity contribution >= 4 is 23.1 Å². The average Bonchev–Trinajstić information content (AvgIpc) is 2.64. The number of Topliss-reactive ketones (excluding diaryl/α,β-unsaturated/α-hetero) is 4. The van der Waals surface area contributed by atoms with E-state index < -0.39 is 11.8 Å². The van der Waals surface area contributed by atoms with Gasteiger partial charge >= 0.3 is 0 Å². The molecule has 0 aromatic heterocycles. The highest BCUT2D eigenvalue weighted by Gasteiger charge is 2.24. The summed E-state index contributed by atoms with van der Waals surface area (Å²) in [5.74, 6) is -2.82. The molecule has 0 aromatic rings. The lowest BCUT2D eigenvalue weighted by molar-refractivity contribution is -0.133. The molecule has 0 heterocycles. The first-order chi connectivity index (χ1) is 11.9. The lowest BCUT2D eigenvalue weighted by atomic mass is 9.93. The molecule has 0 atom stereocenters. The van der Waals surface area contributed by atoms with Gasteiger partial charge in [-0.25, -0.2) is 0 Å². The first kappa shape index (κ1) is 23.5. The second kappa shape index (κ2) is 13.7. The predicted octanol–water partition coefficient (Wildman–Crippen LogP) is -2.09.